The number of halogens is 4. The monoisotopic (exact) mass is 575 g/mol. The van der Waals surface area contributed by atoms with Crippen molar-refractivity contribution in [3.8, 4) is 28.5 Å². The summed E-state index contributed by atoms with van der Waals surface area (Å²) in [6.45, 7) is 1.75. The maximum atomic E-state index is 14.1. The number of aliphatic carboxylic acids is 1. The highest BCUT2D eigenvalue weighted by molar-refractivity contribution is 6.32. The number of carboxylic acid groups (broad SMARTS) is 1. The number of likely N-dealkylation sites (tertiary alicyclic amines) is 1. The van der Waals surface area contributed by atoms with Crippen LogP contribution in [0.2, 0.25) is 5.02 Å². The predicted molar refractivity (Wildman–Crippen MR) is 139 cm³/mol. The van der Waals surface area contributed by atoms with Crippen LogP contribution in [0.25, 0.3) is 28.5 Å². The van der Waals surface area contributed by atoms with Crippen molar-refractivity contribution in [2.45, 2.75) is 31.5 Å². The molecule has 40 heavy (non-hydrogen) atoms. The summed E-state index contributed by atoms with van der Waals surface area (Å²) in [7, 11) is 0. The molecule has 13 heteroatoms. The molecule has 1 saturated heterocycles. The van der Waals surface area contributed by atoms with Crippen LogP contribution >= 0.6 is 11.6 Å². The van der Waals surface area contributed by atoms with E-state index in [2.05, 4.69) is 20.1 Å². The lowest BCUT2D eigenvalue weighted by atomic mass is 9.94. The third kappa shape index (κ3) is 6.03. The zero-order chi connectivity index (χ0) is 28.4. The first-order valence-electron chi connectivity index (χ1n) is 12.6. The van der Waals surface area contributed by atoms with Gasteiger partial charge in [0.15, 0.2) is 5.69 Å². The number of β-amino-alcohol motifs (C(OH)–C–C–N with tert-alkyl or cyclic N) is 1. The van der Waals surface area contributed by atoms with Gasteiger partial charge in [0.2, 0.25) is 5.82 Å². The Bertz CT molecular complexity index is 1490. The van der Waals surface area contributed by atoms with Crippen molar-refractivity contribution in [2.24, 2.45) is 5.92 Å². The fourth-order valence-electron chi connectivity index (χ4n) is 4.97. The second kappa shape index (κ2) is 11.4. The molecule has 3 heterocycles. The average Bonchev–Trinajstić information content (AvgIpc) is 3.57. The minimum Gasteiger partial charge on any atom is -0.481 e. The lowest BCUT2D eigenvalue weighted by molar-refractivity contribution is -0.142. The van der Waals surface area contributed by atoms with Crippen LogP contribution < -0.4 is 0 Å². The van der Waals surface area contributed by atoms with Gasteiger partial charge in [0.05, 0.1) is 28.6 Å². The Labute approximate surface area is 231 Å². The second-order valence-electron chi connectivity index (χ2n) is 9.69. The van der Waals surface area contributed by atoms with Crippen molar-refractivity contribution in [3.05, 3.63) is 71.0 Å². The Morgan fingerprint density at radius 3 is 2.62 bits per heavy atom. The van der Waals surface area contributed by atoms with Crippen LogP contribution in [0, 0.1) is 5.92 Å². The highest BCUT2D eigenvalue weighted by Gasteiger charge is 2.41. The minimum atomic E-state index is -4.79. The molecular formula is C27H25ClF3N5O4. The number of benzene rings is 2. The fourth-order valence-corrected chi connectivity index (χ4v) is 5.18. The van der Waals surface area contributed by atoms with Gasteiger partial charge in [-0.25, -0.2) is 4.68 Å². The quantitative estimate of drug-likeness (QED) is 0.284. The molecule has 0 bridgehead atoms. The van der Waals surface area contributed by atoms with Crippen molar-refractivity contribution in [3.63, 3.8) is 0 Å². The molecule has 0 unspecified atom stereocenters. The molecule has 0 aliphatic carbocycles. The summed E-state index contributed by atoms with van der Waals surface area (Å²) in [6.07, 6.45) is -2.75. The van der Waals surface area contributed by atoms with Crippen LogP contribution in [0.5, 0.6) is 0 Å². The number of nitrogens with zero attached hydrogens (tertiary/aromatic N) is 5. The summed E-state index contributed by atoms with van der Waals surface area (Å²) in [5, 5.41) is 27.6. The molecule has 0 saturated carbocycles. The van der Waals surface area contributed by atoms with E-state index in [4.69, 9.17) is 21.2 Å². The number of piperidine rings is 1. The summed E-state index contributed by atoms with van der Waals surface area (Å²) in [4.78, 5) is 17.3. The van der Waals surface area contributed by atoms with Crippen molar-refractivity contribution >= 4 is 17.6 Å². The topological polar surface area (TPSA) is 118 Å². The largest absolute Gasteiger partial charge is 0.481 e. The molecule has 1 aliphatic heterocycles. The minimum absolute atomic E-state index is 0.0542. The second-order valence-corrected chi connectivity index (χ2v) is 10.1. The van der Waals surface area contributed by atoms with E-state index in [1.54, 1.807) is 36.4 Å². The van der Waals surface area contributed by atoms with Crippen molar-refractivity contribution in [2.75, 3.05) is 19.6 Å². The summed E-state index contributed by atoms with van der Waals surface area (Å²) in [5.74, 6) is -1.05. The molecule has 0 spiro atoms. The van der Waals surface area contributed by atoms with Crippen LogP contribution in [0.15, 0.2) is 59.3 Å². The molecule has 1 aliphatic rings. The summed E-state index contributed by atoms with van der Waals surface area (Å²) in [5.41, 5.74) is -0.317. The summed E-state index contributed by atoms with van der Waals surface area (Å²) < 4.78 is 48.2. The number of aromatic nitrogens is 4. The van der Waals surface area contributed by atoms with E-state index in [0.717, 1.165) is 25.6 Å². The number of aliphatic hydroxyl groups excluding tert-OH is 1. The van der Waals surface area contributed by atoms with Gasteiger partial charge in [0, 0.05) is 25.1 Å². The smallest absolute Gasteiger partial charge is 0.434 e. The Morgan fingerprint density at radius 1 is 1.18 bits per heavy atom. The molecule has 210 valence electrons. The predicted octanol–water partition coefficient (Wildman–Crippen LogP) is 5.48. The highest BCUT2D eigenvalue weighted by atomic mass is 35.5. The lowest BCUT2D eigenvalue weighted by Gasteiger charge is -2.33. The van der Waals surface area contributed by atoms with Gasteiger partial charge in [-0.3, -0.25) is 4.79 Å². The number of carbonyl (C=O) groups is 1. The Kier molecular flexibility index (Phi) is 7.92. The molecule has 0 radical (unpaired) electrons. The van der Waals surface area contributed by atoms with Gasteiger partial charge in [-0.1, -0.05) is 53.2 Å². The van der Waals surface area contributed by atoms with Gasteiger partial charge in [-0.05, 0) is 43.0 Å². The lowest BCUT2D eigenvalue weighted by Crippen LogP contribution is -2.38. The van der Waals surface area contributed by atoms with Crippen molar-refractivity contribution in [1.82, 2.24) is 24.8 Å². The van der Waals surface area contributed by atoms with E-state index in [1.807, 2.05) is 0 Å². The molecule has 2 atom stereocenters. The van der Waals surface area contributed by atoms with E-state index in [1.165, 1.54) is 12.1 Å². The van der Waals surface area contributed by atoms with Crippen LogP contribution in [-0.2, 0) is 11.0 Å². The zero-order valence-electron chi connectivity index (χ0n) is 21.1. The summed E-state index contributed by atoms with van der Waals surface area (Å²) >= 11 is 6.11. The van der Waals surface area contributed by atoms with Crippen LogP contribution in [-0.4, -0.2) is 60.6 Å². The van der Waals surface area contributed by atoms with Gasteiger partial charge in [0.1, 0.15) is 0 Å². The number of carboxylic acids is 1. The molecule has 0 amide bonds. The Morgan fingerprint density at radius 2 is 1.93 bits per heavy atom. The first kappa shape index (κ1) is 27.8. The zero-order valence-corrected chi connectivity index (χ0v) is 21.8. The van der Waals surface area contributed by atoms with Crippen LogP contribution in [0.4, 0.5) is 13.2 Å². The molecule has 5 rings (SSSR count). The van der Waals surface area contributed by atoms with E-state index in [9.17, 15) is 23.1 Å². The number of para-hydroxylation sites is 1. The first-order chi connectivity index (χ1) is 19.1. The molecular weight excluding hydrogens is 551 g/mol. The standard InChI is InChI=1S/C27H25ClF3N5O4/c28-20-5-1-2-6-21(20)36-24(27(29,30)31)19(13-32-36)26-33-25(34-40-26)18-9-7-17(8-10-18)22(37)15-35-11-3-4-16(14-35)12-23(38)39/h1-2,5-10,13,16,22,37H,3-4,11-12,14-15H2,(H,38,39)/t16-,22+/m1/s1. The summed E-state index contributed by atoms with van der Waals surface area (Å²) in [6, 6.07) is 12.7. The third-order valence-corrected chi connectivity index (χ3v) is 7.15. The van der Waals surface area contributed by atoms with Gasteiger partial charge in [0.25, 0.3) is 5.89 Å². The number of aliphatic hydroxyl groups is 1. The molecule has 1 fully saturated rings. The first-order valence-corrected chi connectivity index (χ1v) is 12.9. The SMILES string of the molecule is O=C(O)C[C@H]1CCCN(C[C@H](O)c2ccc(-c3noc(-c4cnn(-c5ccccc5Cl)c4C(F)(F)F)n3)cc2)C1. The maximum Gasteiger partial charge on any atom is 0.434 e. The van der Waals surface area contributed by atoms with Gasteiger partial charge in [-0.2, -0.15) is 23.3 Å². The number of hydrogen-bond acceptors (Lipinski definition) is 7. The number of hydrogen-bond donors (Lipinski definition) is 2. The van der Waals surface area contributed by atoms with E-state index in [0.29, 0.717) is 28.9 Å². The van der Waals surface area contributed by atoms with Crippen molar-refractivity contribution in [1.29, 1.82) is 0 Å². The molecule has 2 N–H and O–H groups in total. The fraction of sp³-hybridized carbons (Fsp3) is 0.333. The Hall–Kier alpha value is -3.74. The van der Waals surface area contributed by atoms with Gasteiger partial charge in [-0.15, -0.1) is 0 Å². The third-order valence-electron chi connectivity index (χ3n) is 6.83. The molecule has 4 aromatic rings. The van der Waals surface area contributed by atoms with Crippen molar-refractivity contribution < 1.29 is 32.7 Å². The van der Waals surface area contributed by atoms with Crippen LogP contribution in [0.1, 0.15) is 36.6 Å². The van der Waals surface area contributed by atoms with E-state index < -0.39 is 23.9 Å². The van der Waals surface area contributed by atoms with Gasteiger partial charge >= 0.3 is 12.1 Å². The van der Waals surface area contributed by atoms with Crippen LogP contribution in [0.3, 0.4) is 0 Å². The van der Waals surface area contributed by atoms with E-state index >= 15 is 0 Å². The van der Waals surface area contributed by atoms with Gasteiger partial charge < -0.3 is 19.6 Å². The normalized spacial score (nSPS) is 17.2. The number of rotatable bonds is 8. The van der Waals surface area contributed by atoms with E-state index in [-0.39, 0.29) is 40.3 Å². The molecule has 2 aromatic carbocycles. The Balaban J connectivity index is 1.33. The molecule has 9 nitrogen and oxygen atoms in total. The maximum absolute atomic E-state index is 14.1. The highest BCUT2D eigenvalue weighted by Crippen LogP contribution is 2.39. The number of alkyl halides is 3. The average molecular weight is 576 g/mol. The molecule has 2 aromatic heterocycles.